The second-order valence-electron chi connectivity index (χ2n) is 7.67. The number of nitrogens with one attached hydrogen (secondary N) is 1. The lowest BCUT2D eigenvalue weighted by atomic mass is 9.89. The summed E-state index contributed by atoms with van der Waals surface area (Å²) in [5.74, 6) is 1.42. The van der Waals surface area contributed by atoms with Crippen LogP contribution in [-0.2, 0) is 4.79 Å². The summed E-state index contributed by atoms with van der Waals surface area (Å²) in [7, 11) is 0. The molecule has 1 aliphatic heterocycles. The highest BCUT2D eigenvalue weighted by Gasteiger charge is 2.35. The Morgan fingerprint density at radius 2 is 1.92 bits per heavy atom. The van der Waals surface area contributed by atoms with Gasteiger partial charge < -0.3 is 14.8 Å². The lowest BCUT2D eigenvalue weighted by molar-refractivity contribution is -0.128. The van der Waals surface area contributed by atoms with E-state index in [1.807, 2.05) is 63.2 Å². The summed E-state index contributed by atoms with van der Waals surface area (Å²) < 4.78 is 11.9. The van der Waals surface area contributed by atoms with Crippen molar-refractivity contribution in [2.24, 2.45) is 0 Å². The van der Waals surface area contributed by atoms with Gasteiger partial charge in [-0.2, -0.15) is 0 Å². The van der Waals surface area contributed by atoms with E-state index in [9.17, 15) is 4.79 Å². The number of benzene rings is 2. The fourth-order valence-corrected chi connectivity index (χ4v) is 3.26. The number of ether oxygens (including phenoxy) is 2. The smallest absolute Gasteiger partial charge is 0.261 e. The minimum absolute atomic E-state index is 0.0896. The number of rotatable bonds is 4. The molecule has 2 aromatic rings. The molecule has 0 unspecified atom stereocenters. The summed E-state index contributed by atoms with van der Waals surface area (Å²) in [6, 6.07) is 13.7. The van der Waals surface area contributed by atoms with Gasteiger partial charge in [0.2, 0.25) is 0 Å². The summed E-state index contributed by atoms with van der Waals surface area (Å²) in [6.45, 7) is 9.95. The summed E-state index contributed by atoms with van der Waals surface area (Å²) in [6.07, 6.45) is 0.141. The van der Waals surface area contributed by atoms with Crippen molar-refractivity contribution in [1.29, 1.82) is 0 Å². The predicted molar refractivity (Wildman–Crippen MR) is 103 cm³/mol. The van der Waals surface area contributed by atoms with Gasteiger partial charge in [-0.25, -0.2) is 0 Å². The minimum Gasteiger partial charge on any atom is -0.487 e. The van der Waals surface area contributed by atoms with Gasteiger partial charge in [0, 0.05) is 12.0 Å². The molecule has 1 heterocycles. The molecule has 0 aromatic heterocycles. The van der Waals surface area contributed by atoms with Crippen LogP contribution in [0.25, 0.3) is 0 Å². The van der Waals surface area contributed by atoms with E-state index >= 15 is 0 Å². The highest BCUT2D eigenvalue weighted by molar-refractivity contribution is 5.81. The molecular weight excluding hydrogens is 326 g/mol. The van der Waals surface area contributed by atoms with Gasteiger partial charge in [-0.1, -0.05) is 24.3 Å². The molecule has 1 aliphatic rings. The van der Waals surface area contributed by atoms with Crippen LogP contribution in [0.2, 0.25) is 0 Å². The molecule has 26 heavy (non-hydrogen) atoms. The maximum atomic E-state index is 12.7. The molecule has 2 aromatic carbocycles. The molecule has 0 saturated carbocycles. The second-order valence-corrected chi connectivity index (χ2v) is 7.67. The van der Waals surface area contributed by atoms with E-state index in [1.165, 1.54) is 5.56 Å². The molecule has 0 spiro atoms. The predicted octanol–water partition coefficient (Wildman–Crippen LogP) is 4.49. The van der Waals surface area contributed by atoms with Crippen molar-refractivity contribution in [3.05, 3.63) is 59.2 Å². The van der Waals surface area contributed by atoms with Gasteiger partial charge in [-0.15, -0.1) is 0 Å². The Bertz CT molecular complexity index is 813. The molecule has 4 nitrogen and oxygen atoms in total. The highest BCUT2D eigenvalue weighted by atomic mass is 16.5. The normalized spacial score (nSPS) is 19.0. The Hall–Kier alpha value is -2.49. The van der Waals surface area contributed by atoms with Crippen molar-refractivity contribution in [3.63, 3.8) is 0 Å². The van der Waals surface area contributed by atoms with Crippen LogP contribution in [0.15, 0.2) is 42.5 Å². The first kappa shape index (κ1) is 18.3. The molecule has 0 bridgehead atoms. The van der Waals surface area contributed by atoms with Crippen LogP contribution >= 0.6 is 0 Å². The number of amides is 1. The van der Waals surface area contributed by atoms with Gasteiger partial charge in [-0.05, 0) is 63.9 Å². The minimum atomic E-state index is -0.574. The highest BCUT2D eigenvalue weighted by Crippen LogP contribution is 2.39. The molecule has 0 fully saturated rings. The van der Waals surface area contributed by atoms with Crippen molar-refractivity contribution < 1.29 is 14.3 Å². The molecule has 1 N–H and O–H groups in total. The van der Waals surface area contributed by atoms with E-state index in [2.05, 4.69) is 12.2 Å². The van der Waals surface area contributed by atoms with E-state index in [0.29, 0.717) is 12.2 Å². The van der Waals surface area contributed by atoms with E-state index < -0.39 is 6.10 Å². The Kier molecular flexibility index (Phi) is 4.94. The third-order valence-electron chi connectivity index (χ3n) is 4.85. The first-order valence-corrected chi connectivity index (χ1v) is 9.07. The zero-order chi connectivity index (χ0) is 18.9. The number of aryl methyl sites for hydroxylation is 2. The van der Waals surface area contributed by atoms with Crippen molar-refractivity contribution >= 4 is 5.91 Å². The fourth-order valence-electron chi connectivity index (χ4n) is 3.26. The zero-order valence-corrected chi connectivity index (χ0v) is 16.1. The monoisotopic (exact) mass is 353 g/mol. The van der Waals surface area contributed by atoms with Crippen molar-refractivity contribution in [2.45, 2.75) is 58.8 Å². The number of carbonyl (C=O) groups is 1. The molecule has 0 aliphatic carbocycles. The van der Waals surface area contributed by atoms with Gasteiger partial charge in [-0.3, -0.25) is 4.79 Å². The summed E-state index contributed by atoms with van der Waals surface area (Å²) in [5.41, 5.74) is 3.04. The second kappa shape index (κ2) is 7.02. The van der Waals surface area contributed by atoms with Crippen LogP contribution in [0.5, 0.6) is 11.5 Å². The molecule has 0 saturated heterocycles. The maximum absolute atomic E-state index is 12.7. The van der Waals surface area contributed by atoms with Crippen LogP contribution in [-0.4, -0.2) is 17.6 Å². The average Bonchev–Trinajstić information content (AvgIpc) is 2.57. The topological polar surface area (TPSA) is 47.6 Å². The number of hydrogen-bond acceptors (Lipinski definition) is 3. The third-order valence-corrected chi connectivity index (χ3v) is 4.85. The molecular formula is C22H27NO3. The average molecular weight is 353 g/mol. The molecule has 2 atom stereocenters. The molecule has 4 heteroatoms. The SMILES string of the molecule is Cc1ccc(O[C@@H](C)C(=O)N[C@H]2CC(C)(C)Oc3ccccc32)cc1C. The van der Waals surface area contributed by atoms with Gasteiger partial charge in [0.25, 0.3) is 5.91 Å². The van der Waals surface area contributed by atoms with Crippen LogP contribution in [0.4, 0.5) is 0 Å². The number of fused-ring (bicyclic) bond motifs is 1. The number of hydrogen-bond donors (Lipinski definition) is 1. The molecule has 138 valence electrons. The van der Waals surface area contributed by atoms with E-state index in [0.717, 1.165) is 16.9 Å². The van der Waals surface area contributed by atoms with Gasteiger partial charge in [0.05, 0.1) is 6.04 Å². The largest absolute Gasteiger partial charge is 0.487 e. The van der Waals surface area contributed by atoms with Crippen molar-refractivity contribution in [1.82, 2.24) is 5.32 Å². The maximum Gasteiger partial charge on any atom is 0.261 e. The Balaban J connectivity index is 1.71. The van der Waals surface area contributed by atoms with Gasteiger partial charge >= 0.3 is 0 Å². The van der Waals surface area contributed by atoms with Crippen LogP contribution in [0, 0.1) is 13.8 Å². The van der Waals surface area contributed by atoms with E-state index in [4.69, 9.17) is 9.47 Å². The molecule has 3 rings (SSSR count). The molecule has 1 amide bonds. The van der Waals surface area contributed by atoms with Crippen molar-refractivity contribution in [2.75, 3.05) is 0 Å². The summed E-state index contributed by atoms with van der Waals surface area (Å²) in [4.78, 5) is 12.7. The van der Waals surface area contributed by atoms with Gasteiger partial charge in [0.15, 0.2) is 6.10 Å². The Morgan fingerprint density at radius 3 is 2.65 bits per heavy atom. The van der Waals surface area contributed by atoms with Crippen molar-refractivity contribution in [3.8, 4) is 11.5 Å². The summed E-state index contributed by atoms with van der Waals surface area (Å²) >= 11 is 0. The molecule has 0 radical (unpaired) electrons. The third kappa shape index (κ3) is 4.01. The Labute approximate surface area is 155 Å². The van der Waals surface area contributed by atoms with E-state index in [-0.39, 0.29) is 17.6 Å². The zero-order valence-electron chi connectivity index (χ0n) is 16.1. The first-order valence-electron chi connectivity index (χ1n) is 9.07. The first-order chi connectivity index (χ1) is 12.2. The quantitative estimate of drug-likeness (QED) is 0.881. The summed E-state index contributed by atoms with van der Waals surface area (Å²) in [5, 5.41) is 3.13. The lowest BCUT2D eigenvalue weighted by Gasteiger charge is -2.38. The van der Waals surface area contributed by atoms with Crippen LogP contribution in [0.1, 0.15) is 49.9 Å². The standard InChI is InChI=1S/C22H27NO3/c1-14-10-11-17(12-15(14)2)25-16(3)21(24)23-19-13-22(4,5)26-20-9-7-6-8-18(19)20/h6-12,16,19H,13H2,1-5H3,(H,23,24)/t16-,19-/m0/s1. The van der Waals surface area contributed by atoms with Gasteiger partial charge in [0.1, 0.15) is 17.1 Å². The van der Waals surface area contributed by atoms with E-state index in [1.54, 1.807) is 6.92 Å². The number of carbonyl (C=O) groups excluding carboxylic acids is 1. The van der Waals surface area contributed by atoms with Crippen LogP contribution in [0.3, 0.4) is 0 Å². The number of para-hydroxylation sites is 1. The fraction of sp³-hybridized carbons (Fsp3) is 0.409. The Morgan fingerprint density at radius 1 is 1.19 bits per heavy atom. The lowest BCUT2D eigenvalue weighted by Crippen LogP contribution is -2.44. The van der Waals surface area contributed by atoms with Crippen LogP contribution < -0.4 is 14.8 Å².